The van der Waals surface area contributed by atoms with Crippen LogP contribution in [0.2, 0.25) is 0 Å². The van der Waals surface area contributed by atoms with Crippen molar-refractivity contribution >= 4 is 58.3 Å². The molecule has 11 heteroatoms. The third-order valence-electron chi connectivity index (χ3n) is 6.49. The largest absolute Gasteiger partial charge is 0.462 e. The van der Waals surface area contributed by atoms with Crippen molar-refractivity contribution in [1.82, 2.24) is 14.9 Å². The fraction of sp³-hybridized carbons (Fsp3) is 0.267. The van der Waals surface area contributed by atoms with Gasteiger partial charge >= 0.3 is 5.97 Å². The van der Waals surface area contributed by atoms with E-state index in [-0.39, 0.29) is 24.3 Å². The topological polar surface area (TPSA) is 93.6 Å². The number of hydrogen-bond acceptors (Lipinski definition) is 9. The predicted molar refractivity (Wildman–Crippen MR) is 164 cm³/mol. The molecule has 1 amide bonds. The summed E-state index contributed by atoms with van der Waals surface area (Å²) in [4.78, 5) is 37.0. The van der Waals surface area contributed by atoms with Crippen molar-refractivity contribution in [3.05, 3.63) is 83.5 Å². The predicted octanol–water partition coefficient (Wildman–Crippen LogP) is 7.55. The third-order valence-corrected chi connectivity index (χ3v) is 8.21. The highest BCUT2D eigenvalue weighted by Crippen LogP contribution is 2.38. The van der Waals surface area contributed by atoms with Crippen molar-refractivity contribution in [3.63, 3.8) is 0 Å². The van der Waals surface area contributed by atoms with Gasteiger partial charge in [0.2, 0.25) is 5.91 Å². The number of nitrogens with one attached hydrogen (secondary N) is 1. The Hall–Kier alpha value is -3.60. The summed E-state index contributed by atoms with van der Waals surface area (Å²) in [5.41, 5.74) is 1.54. The average molecular weight is 611 g/mol. The van der Waals surface area contributed by atoms with Crippen LogP contribution in [0.15, 0.2) is 82.0 Å². The molecular formula is C30H31ClN4O4S2. The monoisotopic (exact) mass is 610 g/mol. The number of aromatic nitrogens is 2. The molecule has 41 heavy (non-hydrogen) atoms. The number of nitrogens with zero attached hydrogens (tertiary/aromatic N) is 3. The number of piperidine rings is 1. The highest BCUT2D eigenvalue weighted by atomic mass is 35.5. The summed E-state index contributed by atoms with van der Waals surface area (Å²) in [6, 6.07) is 18.8. The molecule has 3 heterocycles. The molecule has 2 aromatic heterocycles. The van der Waals surface area contributed by atoms with E-state index in [2.05, 4.69) is 15.7 Å². The Bertz CT molecular complexity index is 1480. The van der Waals surface area contributed by atoms with E-state index < -0.39 is 0 Å². The minimum Gasteiger partial charge on any atom is -0.462 e. The molecule has 0 bridgehead atoms. The summed E-state index contributed by atoms with van der Waals surface area (Å²) in [5.74, 6) is 1.92. The van der Waals surface area contributed by atoms with Gasteiger partial charge in [0.1, 0.15) is 5.75 Å². The second-order valence-corrected chi connectivity index (χ2v) is 11.3. The summed E-state index contributed by atoms with van der Waals surface area (Å²) >= 11 is 3.01. The summed E-state index contributed by atoms with van der Waals surface area (Å²) < 4.78 is 11.4. The van der Waals surface area contributed by atoms with Crippen LogP contribution in [-0.2, 0) is 9.53 Å². The van der Waals surface area contributed by atoms with Crippen molar-refractivity contribution < 1.29 is 19.1 Å². The summed E-state index contributed by atoms with van der Waals surface area (Å²) in [5, 5.41) is 6.16. The maximum Gasteiger partial charge on any atom is 0.338 e. The summed E-state index contributed by atoms with van der Waals surface area (Å²) in [6.45, 7) is 5.27. The molecule has 4 aromatic rings. The lowest BCUT2D eigenvalue weighted by Crippen LogP contribution is -2.36. The summed E-state index contributed by atoms with van der Waals surface area (Å²) in [7, 11) is 0. The second kappa shape index (κ2) is 14.3. The van der Waals surface area contributed by atoms with Crippen LogP contribution in [0.1, 0.15) is 48.7 Å². The number of rotatable bonds is 9. The molecule has 1 aliphatic heterocycles. The Morgan fingerprint density at radius 1 is 1.07 bits per heavy atom. The van der Waals surface area contributed by atoms with Crippen LogP contribution in [0, 0.1) is 0 Å². The molecule has 1 saturated heterocycles. The minimum atomic E-state index is -0.344. The van der Waals surface area contributed by atoms with Gasteiger partial charge in [0.15, 0.2) is 16.7 Å². The first kappa shape index (κ1) is 30.4. The van der Waals surface area contributed by atoms with E-state index in [4.69, 9.17) is 14.5 Å². The molecular weight excluding hydrogens is 580 g/mol. The lowest BCUT2D eigenvalue weighted by atomic mass is 9.94. The smallest absolute Gasteiger partial charge is 0.338 e. The molecule has 0 atom stereocenters. The van der Waals surface area contributed by atoms with Crippen LogP contribution in [0.25, 0.3) is 0 Å². The second-order valence-electron chi connectivity index (χ2n) is 9.27. The molecule has 0 spiro atoms. The van der Waals surface area contributed by atoms with Gasteiger partial charge in [-0.05, 0) is 50.1 Å². The third kappa shape index (κ3) is 8.00. The number of carbonyl (C=O) groups excluding carboxylic acids is 2. The van der Waals surface area contributed by atoms with Crippen LogP contribution in [-0.4, -0.2) is 46.4 Å². The molecule has 2 aromatic carbocycles. The van der Waals surface area contributed by atoms with Crippen molar-refractivity contribution in [2.45, 2.75) is 42.4 Å². The van der Waals surface area contributed by atoms with Crippen LogP contribution < -0.4 is 10.1 Å². The van der Waals surface area contributed by atoms with E-state index in [1.807, 2.05) is 59.5 Å². The fourth-order valence-corrected chi connectivity index (χ4v) is 6.10. The van der Waals surface area contributed by atoms with Gasteiger partial charge in [-0.2, -0.15) is 0 Å². The Kier molecular flexibility index (Phi) is 10.6. The molecule has 1 aliphatic rings. The first-order chi connectivity index (χ1) is 19.5. The number of halogens is 1. The number of amides is 1. The fourth-order valence-electron chi connectivity index (χ4n) is 4.43. The van der Waals surface area contributed by atoms with E-state index >= 15 is 0 Å². The maximum absolute atomic E-state index is 12.2. The van der Waals surface area contributed by atoms with Gasteiger partial charge in [0.05, 0.1) is 17.9 Å². The lowest BCUT2D eigenvalue weighted by molar-refractivity contribution is -0.129. The number of benzene rings is 2. The number of esters is 1. The van der Waals surface area contributed by atoms with Crippen molar-refractivity contribution in [1.29, 1.82) is 0 Å². The zero-order valence-electron chi connectivity index (χ0n) is 22.7. The highest BCUT2D eigenvalue weighted by Gasteiger charge is 2.24. The number of para-hydroxylation sites is 1. The van der Waals surface area contributed by atoms with E-state index in [9.17, 15) is 9.59 Å². The standard InChI is InChI=1S/C30H30N4O4S2.ClH/c1-3-37-29(36)22-8-7-11-24(16-22)40-25-17-27(38-23-9-5-4-6-10-23)28(31-18-25)33-30-32-26(19-39-30)21-12-14-34(15-13-21)20(2)35;/h4-11,16-19,21H,3,12-15H2,1-2H3,(H,31,32,33);1H. The Labute approximate surface area is 253 Å². The number of carbonyl (C=O) groups is 2. The first-order valence-corrected chi connectivity index (χ1v) is 14.8. The highest BCUT2D eigenvalue weighted by molar-refractivity contribution is 7.99. The van der Waals surface area contributed by atoms with Crippen LogP contribution in [0.5, 0.6) is 11.5 Å². The van der Waals surface area contributed by atoms with Crippen LogP contribution in [0.3, 0.4) is 0 Å². The van der Waals surface area contributed by atoms with Gasteiger partial charge in [-0.25, -0.2) is 14.8 Å². The molecule has 0 aliphatic carbocycles. The van der Waals surface area contributed by atoms with Crippen LogP contribution >= 0.6 is 35.5 Å². The Morgan fingerprint density at radius 3 is 2.59 bits per heavy atom. The van der Waals surface area contributed by atoms with Gasteiger partial charge < -0.3 is 19.7 Å². The van der Waals surface area contributed by atoms with E-state index in [1.165, 1.54) is 23.1 Å². The molecule has 0 radical (unpaired) electrons. The minimum absolute atomic E-state index is 0. The lowest BCUT2D eigenvalue weighted by Gasteiger charge is -2.30. The molecule has 1 fully saturated rings. The summed E-state index contributed by atoms with van der Waals surface area (Å²) in [6.07, 6.45) is 3.59. The molecule has 214 valence electrons. The molecule has 0 saturated carbocycles. The number of ether oxygens (including phenoxy) is 2. The number of thiazole rings is 1. The number of anilines is 2. The quantitative estimate of drug-likeness (QED) is 0.194. The van der Waals surface area contributed by atoms with Gasteiger partial charge in [0, 0.05) is 53.4 Å². The van der Waals surface area contributed by atoms with E-state index in [0.717, 1.165) is 46.5 Å². The van der Waals surface area contributed by atoms with Crippen molar-refractivity contribution in [3.8, 4) is 11.5 Å². The number of likely N-dealkylation sites (tertiary alicyclic amines) is 1. The average Bonchev–Trinajstić information content (AvgIpc) is 3.44. The zero-order chi connectivity index (χ0) is 27.9. The van der Waals surface area contributed by atoms with Crippen LogP contribution in [0.4, 0.5) is 10.9 Å². The Balaban J connectivity index is 0.00000387. The van der Waals surface area contributed by atoms with Crippen molar-refractivity contribution in [2.24, 2.45) is 0 Å². The normalized spacial score (nSPS) is 13.3. The van der Waals surface area contributed by atoms with Gasteiger partial charge in [-0.15, -0.1) is 23.7 Å². The number of hydrogen-bond donors (Lipinski definition) is 1. The zero-order valence-corrected chi connectivity index (χ0v) is 25.2. The molecule has 5 rings (SSSR count). The SMILES string of the molecule is CCOC(=O)c1cccc(Sc2cnc(Nc3nc(C4CCN(C(C)=O)CC4)cs3)c(Oc3ccccc3)c2)c1.Cl. The molecule has 0 unspecified atom stereocenters. The van der Waals surface area contributed by atoms with Gasteiger partial charge in [-0.3, -0.25) is 4.79 Å². The molecule has 8 nitrogen and oxygen atoms in total. The van der Waals surface area contributed by atoms with Gasteiger partial charge in [0.25, 0.3) is 0 Å². The van der Waals surface area contributed by atoms with E-state index in [0.29, 0.717) is 35.4 Å². The maximum atomic E-state index is 12.2. The van der Waals surface area contributed by atoms with Crippen molar-refractivity contribution in [2.75, 3.05) is 25.0 Å². The first-order valence-electron chi connectivity index (χ1n) is 13.1. The Morgan fingerprint density at radius 2 is 1.85 bits per heavy atom. The molecule has 1 N–H and O–H groups in total. The van der Waals surface area contributed by atoms with E-state index in [1.54, 1.807) is 26.1 Å². The van der Waals surface area contributed by atoms with Gasteiger partial charge in [-0.1, -0.05) is 36.0 Å². The number of pyridine rings is 1.